The molecule has 0 aliphatic heterocycles. The van der Waals surface area contributed by atoms with Gasteiger partial charge in [-0.3, -0.25) is 14.2 Å². The molecule has 2 aromatic carbocycles. The quantitative estimate of drug-likeness (QED) is 0.326. The van der Waals surface area contributed by atoms with Crippen LogP contribution in [0.2, 0.25) is 5.02 Å². The Kier molecular flexibility index (Phi) is 8.96. The number of halogens is 1. The molecule has 0 aliphatic rings. The van der Waals surface area contributed by atoms with Crippen LogP contribution in [0.3, 0.4) is 0 Å². The first-order valence-electron chi connectivity index (χ1n) is 13.2. The van der Waals surface area contributed by atoms with E-state index in [2.05, 4.69) is 11.9 Å². The largest absolute Gasteiger partial charge is 0.444 e. The van der Waals surface area contributed by atoms with Crippen molar-refractivity contribution < 1.29 is 14.3 Å². The van der Waals surface area contributed by atoms with Gasteiger partial charge >= 0.3 is 6.09 Å². The maximum atomic E-state index is 14.0. The van der Waals surface area contributed by atoms with Crippen molar-refractivity contribution >= 4 is 34.4 Å². The predicted octanol–water partition coefficient (Wildman–Crippen LogP) is 5.59. The van der Waals surface area contributed by atoms with Gasteiger partial charge in [-0.25, -0.2) is 9.78 Å². The first-order valence-corrected chi connectivity index (χ1v) is 13.6. The number of nitrogens with zero attached hydrogens (tertiary/aromatic N) is 2. The van der Waals surface area contributed by atoms with Gasteiger partial charge in [-0.05, 0) is 70.4 Å². The second kappa shape index (κ2) is 11.6. The Bertz CT molecular complexity index is 1470. The summed E-state index contributed by atoms with van der Waals surface area (Å²) in [6, 6.07) is 14.4. The van der Waals surface area contributed by atoms with Crippen LogP contribution >= 0.6 is 11.6 Å². The van der Waals surface area contributed by atoms with Crippen molar-refractivity contribution in [1.82, 2.24) is 14.9 Å². The van der Waals surface area contributed by atoms with Crippen LogP contribution in [-0.4, -0.2) is 38.1 Å². The summed E-state index contributed by atoms with van der Waals surface area (Å²) in [5.74, 6) is -1.36. The summed E-state index contributed by atoms with van der Waals surface area (Å²) in [5.41, 5.74) is 4.16. The lowest BCUT2D eigenvalue weighted by Crippen LogP contribution is -2.73. The number of amides is 1. The van der Waals surface area contributed by atoms with E-state index in [1.165, 1.54) is 0 Å². The van der Waals surface area contributed by atoms with Crippen molar-refractivity contribution in [1.29, 1.82) is 0 Å². The number of fused-ring (bicyclic) bond motifs is 1. The highest BCUT2D eigenvalue weighted by molar-refractivity contribution is 6.31. The number of benzene rings is 2. The van der Waals surface area contributed by atoms with Gasteiger partial charge in [0.1, 0.15) is 17.0 Å². The Morgan fingerprint density at radius 2 is 1.75 bits per heavy atom. The Hall–Kier alpha value is -3.49. The molecule has 1 heterocycles. The summed E-state index contributed by atoms with van der Waals surface area (Å²) in [4.78, 5) is 45.6. The van der Waals surface area contributed by atoms with Crippen molar-refractivity contribution in [3.05, 3.63) is 88.0 Å². The SMILES string of the molecule is C=CC(=O)C(N)(C(c1nc2cc(Cl)ccc2c(=O)n1Cc1ccccc1)C(C)C)C(C)(C)NC(=O)OC(C)(C)C. The molecular weight excluding hydrogens is 528 g/mol. The maximum Gasteiger partial charge on any atom is 0.408 e. The van der Waals surface area contributed by atoms with E-state index in [0.717, 1.165) is 11.6 Å². The zero-order chi connectivity index (χ0) is 30.0. The smallest absolute Gasteiger partial charge is 0.408 e. The van der Waals surface area contributed by atoms with Crippen molar-refractivity contribution in [2.75, 3.05) is 0 Å². The lowest BCUT2D eigenvalue weighted by Gasteiger charge is -2.48. The summed E-state index contributed by atoms with van der Waals surface area (Å²) >= 11 is 6.28. The Balaban J connectivity index is 2.35. The van der Waals surface area contributed by atoms with E-state index < -0.39 is 34.5 Å². The van der Waals surface area contributed by atoms with E-state index in [9.17, 15) is 14.4 Å². The van der Waals surface area contributed by atoms with E-state index >= 15 is 0 Å². The van der Waals surface area contributed by atoms with Crippen molar-refractivity contribution in [2.45, 2.75) is 77.6 Å². The van der Waals surface area contributed by atoms with Crippen LogP contribution in [-0.2, 0) is 16.1 Å². The zero-order valence-corrected chi connectivity index (χ0v) is 25.0. The number of hydrogen-bond acceptors (Lipinski definition) is 6. The van der Waals surface area contributed by atoms with Gasteiger partial charge < -0.3 is 15.8 Å². The summed E-state index contributed by atoms with van der Waals surface area (Å²) in [5, 5.41) is 3.61. The van der Waals surface area contributed by atoms with E-state index in [4.69, 9.17) is 27.1 Å². The molecule has 0 bridgehead atoms. The number of nitrogens with one attached hydrogen (secondary N) is 1. The summed E-state index contributed by atoms with van der Waals surface area (Å²) in [6.45, 7) is 16.2. The molecule has 1 aromatic heterocycles. The summed E-state index contributed by atoms with van der Waals surface area (Å²) in [6.07, 6.45) is 0.414. The molecule has 40 heavy (non-hydrogen) atoms. The average molecular weight is 567 g/mol. The highest BCUT2D eigenvalue weighted by Gasteiger charge is 2.56. The summed E-state index contributed by atoms with van der Waals surface area (Å²) in [7, 11) is 0. The Morgan fingerprint density at radius 1 is 1.12 bits per heavy atom. The van der Waals surface area contributed by atoms with Crippen LogP contribution in [0.4, 0.5) is 4.79 Å². The molecule has 0 saturated carbocycles. The number of aromatic nitrogens is 2. The first-order chi connectivity index (χ1) is 18.5. The number of rotatable bonds is 9. The number of ketones is 1. The third-order valence-electron chi connectivity index (χ3n) is 7.01. The van der Waals surface area contributed by atoms with Gasteiger partial charge in [0.25, 0.3) is 5.56 Å². The van der Waals surface area contributed by atoms with Gasteiger partial charge in [0.2, 0.25) is 0 Å². The molecule has 2 atom stereocenters. The molecule has 0 aliphatic carbocycles. The van der Waals surface area contributed by atoms with Gasteiger partial charge in [-0.2, -0.15) is 0 Å². The molecule has 0 fully saturated rings. The second-order valence-corrected chi connectivity index (χ2v) is 12.4. The number of carbonyl (C=O) groups excluding carboxylic acids is 2. The minimum atomic E-state index is -1.79. The minimum Gasteiger partial charge on any atom is -0.444 e. The van der Waals surface area contributed by atoms with E-state index in [0.29, 0.717) is 21.7 Å². The number of alkyl carbamates (subject to hydrolysis) is 1. The summed E-state index contributed by atoms with van der Waals surface area (Å²) < 4.78 is 7.05. The molecule has 8 nitrogen and oxygen atoms in total. The molecule has 0 radical (unpaired) electrons. The van der Waals surface area contributed by atoms with Crippen molar-refractivity contribution in [3.63, 3.8) is 0 Å². The lowest BCUT2D eigenvalue weighted by atomic mass is 9.64. The van der Waals surface area contributed by atoms with Crippen LogP contribution in [0.15, 0.2) is 66.0 Å². The average Bonchev–Trinajstić information content (AvgIpc) is 2.84. The third-order valence-corrected chi connectivity index (χ3v) is 7.24. The topological polar surface area (TPSA) is 116 Å². The van der Waals surface area contributed by atoms with E-state index in [1.54, 1.807) is 57.4 Å². The Morgan fingerprint density at radius 3 is 2.30 bits per heavy atom. The Labute approximate surface area is 240 Å². The molecule has 3 rings (SSSR count). The van der Waals surface area contributed by atoms with Gasteiger partial charge in [0, 0.05) is 10.9 Å². The van der Waals surface area contributed by atoms with E-state index in [-0.39, 0.29) is 18.0 Å². The normalized spacial score (nSPS) is 14.4. The highest BCUT2D eigenvalue weighted by atomic mass is 35.5. The molecule has 1 amide bonds. The van der Waals surface area contributed by atoms with E-state index in [1.807, 2.05) is 44.2 Å². The molecule has 214 valence electrons. The first kappa shape index (κ1) is 31.0. The third kappa shape index (κ3) is 6.29. The van der Waals surface area contributed by atoms with Crippen LogP contribution in [0.25, 0.3) is 10.9 Å². The molecule has 0 spiro atoms. The number of nitrogens with two attached hydrogens (primary N) is 1. The number of carbonyl (C=O) groups is 2. The minimum absolute atomic E-state index is 0.197. The molecule has 3 aromatic rings. The molecule has 3 N–H and O–H groups in total. The highest BCUT2D eigenvalue weighted by Crippen LogP contribution is 2.41. The van der Waals surface area contributed by atoms with Crippen LogP contribution in [0, 0.1) is 5.92 Å². The van der Waals surface area contributed by atoms with Gasteiger partial charge in [-0.15, -0.1) is 0 Å². The zero-order valence-electron chi connectivity index (χ0n) is 24.2. The van der Waals surface area contributed by atoms with Crippen LogP contribution in [0.1, 0.15) is 65.8 Å². The van der Waals surface area contributed by atoms with Gasteiger partial charge in [-0.1, -0.05) is 62.4 Å². The van der Waals surface area contributed by atoms with Crippen molar-refractivity contribution in [2.24, 2.45) is 11.7 Å². The van der Waals surface area contributed by atoms with Crippen LogP contribution < -0.4 is 16.6 Å². The molecule has 9 heteroatoms. The predicted molar refractivity (Wildman–Crippen MR) is 160 cm³/mol. The van der Waals surface area contributed by atoms with Gasteiger partial charge in [0.15, 0.2) is 5.78 Å². The molecular formula is C31H39ClN4O4. The fraction of sp³-hybridized carbons (Fsp3) is 0.419. The lowest BCUT2D eigenvalue weighted by molar-refractivity contribution is -0.123. The second-order valence-electron chi connectivity index (χ2n) is 11.9. The van der Waals surface area contributed by atoms with Crippen LogP contribution in [0.5, 0.6) is 0 Å². The monoisotopic (exact) mass is 566 g/mol. The fourth-order valence-electron chi connectivity index (χ4n) is 5.08. The molecule has 2 unspecified atom stereocenters. The fourth-order valence-corrected chi connectivity index (χ4v) is 5.24. The standard InChI is InChI=1S/C31H39ClN4O4/c1-9-24(37)31(33,30(7,8)35-28(39)40-29(4,5)6)25(19(2)3)26-34-23-17-21(32)15-16-22(23)27(38)36(26)18-20-13-11-10-12-14-20/h9-17,19,25H,1,18,33H2,2-8H3,(H,35,39). The number of hydrogen-bond donors (Lipinski definition) is 2. The number of ether oxygens (including phenoxy) is 1. The van der Waals surface area contributed by atoms with Gasteiger partial charge in [0.05, 0.1) is 23.0 Å². The maximum absolute atomic E-state index is 14.0. The van der Waals surface area contributed by atoms with Crippen molar-refractivity contribution in [3.8, 4) is 0 Å². The molecule has 0 saturated heterocycles.